The molecule has 2 saturated carbocycles. The first kappa shape index (κ1) is 15.6. The van der Waals surface area contributed by atoms with Crippen LogP contribution in [0.2, 0.25) is 0 Å². The standard InChI is InChI=1S/C15H28N2O3/c1-20-11-15(7-3-8-15)10-16-14(19)17-13-5-2-4-12(13)6-9-18/h12-13,18H,2-11H2,1H3,(H2,16,17,19)/t12-,13-/m1/s1. The number of methoxy groups -OCH3 is 1. The van der Waals surface area contributed by atoms with Crippen LogP contribution >= 0.6 is 0 Å². The van der Waals surface area contributed by atoms with E-state index in [1.807, 2.05) is 0 Å². The van der Waals surface area contributed by atoms with Crippen LogP contribution in [0.15, 0.2) is 0 Å². The maximum absolute atomic E-state index is 12.0. The van der Waals surface area contributed by atoms with Crippen LogP contribution in [0.1, 0.15) is 44.9 Å². The van der Waals surface area contributed by atoms with E-state index in [1.54, 1.807) is 7.11 Å². The number of hydrogen-bond acceptors (Lipinski definition) is 3. The second-order valence-corrected chi connectivity index (χ2v) is 6.42. The first-order valence-corrected chi connectivity index (χ1v) is 7.83. The third-order valence-electron chi connectivity index (χ3n) is 4.96. The summed E-state index contributed by atoms with van der Waals surface area (Å²) in [4.78, 5) is 12.0. The number of rotatable bonds is 7. The lowest BCUT2D eigenvalue weighted by Gasteiger charge is -2.41. The van der Waals surface area contributed by atoms with Crippen LogP contribution in [-0.2, 0) is 4.74 Å². The van der Waals surface area contributed by atoms with Gasteiger partial charge in [-0.1, -0.05) is 12.8 Å². The number of urea groups is 1. The second kappa shape index (κ2) is 7.27. The van der Waals surface area contributed by atoms with E-state index in [2.05, 4.69) is 10.6 Å². The molecule has 3 N–H and O–H groups in total. The molecule has 2 atom stereocenters. The summed E-state index contributed by atoms with van der Waals surface area (Å²) < 4.78 is 5.26. The quantitative estimate of drug-likeness (QED) is 0.666. The Morgan fingerprint density at radius 1 is 1.35 bits per heavy atom. The molecule has 2 rings (SSSR count). The molecule has 0 aliphatic heterocycles. The Kier molecular flexibility index (Phi) is 5.66. The van der Waals surface area contributed by atoms with Crippen molar-refractivity contribution < 1.29 is 14.6 Å². The van der Waals surface area contributed by atoms with E-state index < -0.39 is 0 Å². The Morgan fingerprint density at radius 2 is 2.15 bits per heavy atom. The summed E-state index contributed by atoms with van der Waals surface area (Å²) in [5.74, 6) is 0.433. The minimum absolute atomic E-state index is 0.0674. The van der Waals surface area contributed by atoms with E-state index in [0.717, 1.165) is 45.1 Å². The van der Waals surface area contributed by atoms with Crippen LogP contribution in [0.5, 0.6) is 0 Å². The molecule has 0 aromatic carbocycles. The third kappa shape index (κ3) is 3.85. The number of ether oxygens (including phenoxy) is 1. The highest BCUT2D eigenvalue weighted by molar-refractivity contribution is 5.74. The summed E-state index contributed by atoms with van der Waals surface area (Å²) in [5.41, 5.74) is 0.159. The predicted molar refractivity (Wildman–Crippen MR) is 77.5 cm³/mol. The smallest absolute Gasteiger partial charge is 0.315 e. The molecular weight excluding hydrogens is 256 g/mol. The summed E-state index contributed by atoms with van der Waals surface area (Å²) in [6.45, 7) is 1.63. The fraction of sp³-hybridized carbons (Fsp3) is 0.933. The van der Waals surface area contributed by atoms with Crippen LogP contribution in [0.3, 0.4) is 0 Å². The van der Waals surface area contributed by atoms with E-state index in [0.29, 0.717) is 12.5 Å². The molecule has 2 fully saturated rings. The van der Waals surface area contributed by atoms with E-state index >= 15 is 0 Å². The van der Waals surface area contributed by atoms with Crippen molar-refractivity contribution in [3.8, 4) is 0 Å². The summed E-state index contributed by atoms with van der Waals surface area (Å²) in [7, 11) is 1.72. The Bertz CT molecular complexity index is 318. The number of carbonyl (C=O) groups excluding carboxylic acids is 1. The van der Waals surface area contributed by atoms with Crippen molar-refractivity contribution in [3.05, 3.63) is 0 Å². The molecule has 0 bridgehead atoms. The van der Waals surface area contributed by atoms with Crippen LogP contribution in [-0.4, -0.2) is 44.0 Å². The summed E-state index contributed by atoms with van der Waals surface area (Å²) in [6, 6.07) is 0.157. The summed E-state index contributed by atoms with van der Waals surface area (Å²) >= 11 is 0. The molecule has 5 heteroatoms. The van der Waals surface area contributed by atoms with Gasteiger partial charge in [0.05, 0.1) is 6.61 Å². The molecule has 0 aromatic heterocycles. The molecule has 0 heterocycles. The van der Waals surface area contributed by atoms with E-state index in [4.69, 9.17) is 9.84 Å². The second-order valence-electron chi connectivity index (χ2n) is 6.42. The zero-order valence-electron chi connectivity index (χ0n) is 12.5. The van der Waals surface area contributed by atoms with Gasteiger partial charge < -0.3 is 20.5 Å². The highest BCUT2D eigenvalue weighted by Gasteiger charge is 2.37. The largest absolute Gasteiger partial charge is 0.396 e. The van der Waals surface area contributed by atoms with Crippen molar-refractivity contribution in [2.75, 3.05) is 26.9 Å². The van der Waals surface area contributed by atoms with Gasteiger partial charge >= 0.3 is 6.03 Å². The molecular formula is C15H28N2O3. The lowest BCUT2D eigenvalue weighted by Crippen LogP contribution is -2.50. The first-order valence-electron chi connectivity index (χ1n) is 7.83. The van der Waals surface area contributed by atoms with Gasteiger partial charge in [0.2, 0.25) is 0 Å². The van der Waals surface area contributed by atoms with Crippen LogP contribution in [0.25, 0.3) is 0 Å². The molecule has 2 aliphatic rings. The summed E-state index contributed by atoms with van der Waals surface area (Å²) in [5, 5.41) is 15.1. The van der Waals surface area contributed by atoms with E-state index in [-0.39, 0.29) is 24.1 Å². The number of amides is 2. The number of aliphatic hydroxyl groups is 1. The lowest BCUT2D eigenvalue weighted by molar-refractivity contribution is 0.0199. The minimum Gasteiger partial charge on any atom is -0.396 e. The average Bonchev–Trinajstić information content (AvgIpc) is 2.80. The van der Waals surface area contributed by atoms with Gasteiger partial charge in [-0.2, -0.15) is 0 Å². The SMILES string of the molecule is COCC1(CNC(=O)N[C@@H]2CCC[C@@H]2CCO)CCC1. The Labute approximate surface area is 121 Å². The van der Waals surface area contributed by atoms with Gasteiger partial charge in [-0.15, -0.1) is 0 Å². The van der Waals surface area contributed by atoms with Gasteiger partial charge in [0.15, 0.2) is 0 Å². The van der Waals surface area contributed by atoms with Gasteiger partial charge in [-0.05, 0) is 38.0 Å². The van der Waals surface area contributed by atoms with Crippen LogP contribution < -0.4 is 10.6 Å². The Hall–Kier alpha value is -0.810. The molecule has 0 radical (unpaired) electrons. The van der Waals surface area contributed by atoms with E-state index in [1.165, 1.54) is 6.42 Å². The van der Waals surface area contributed by atoms with Gasteiger partial charge in [-0.25, -0.2) is 4.79 Å². The Balaban J connectivity index is 1.72. The number of nitrogens with one attached hydrogen (secondary N) is 2. The van der Waals surface area contributed by atoms with Crippen molar-refractivity contribution in [1.82, 2.24) is 10.6 Å². The lowest BCUT2D eigenvalue weighted by atomic mass is 9.69. The van der Waals surface area contributed by atoms with Gasteiger partial charge in [0.1, 0.15) is 0 Å². The van der Waals surface area contributed by atoms with Gasteiger partial charge in [0, 0.05) is 31.7 Å². The fourth-order valence-electron chi connectivity index (χ4n) is 3.58. The van der Waals surface area contributed by atoms with Crippen LogP contribution in [0.4, 0.5) is 4.79 Å². The molecule has 5 nitrogen and oxygen atoms in total. The first-order chi connectivity index (χ1) is 9.69. The Morgan fingerprint density at radius 3 is 2.75 bits per heavy atom. The zero-order valence-corrected chi connectivity index (χ0v) is 12.5. The van der Waals surface area contributed by atoms with Gasteiger partial charge in [0.25, 0.3) is 0 Å². The van der Waals surface area contributed by atoms with Gasteiger partial charge in [-0.3, -0.25) is 0 Å². The maximum atomic E-state index is 12.0. The molecule has 2 aliphatic carbocycles. The fourth-order valence-corrected chi connectivity index (χ4v) is 3.58. The van der Waals surface area contributed by atoms with Crippen LogP contribution in [0, 0.1) is 11.3 Å². The van der Waals surface area contributed by atoms with Crippen molar-refractivity contribution in [3.63, 3.8) is 0 Å². The summed E-state index contributed by atoms with van der Waals surface area (Å²) in [6.07, 6.45) is 7.57. The van der Waals surface area contributed by atoms with E-state index in [9.17, 15) is 4.79 Å². The van der Waals surface area contributed by atoms with Crippen molar-refractivity contribution >= 4 is 6.03 Å². The maximum Gasteiger partial charge on any atom is 0.315 e. The van der Waals surface area contributed by atoms with Crippen molar-refractivity contribution in [2.45, 2.75) is 51.0 Å². The number of carbonyl (C=O) groups is 1. The third-order valence-corrected chi connectivity index (χ3v) is 4.96. The molecule has 0 unspecified atom stereocenters. The highest BCUT2D eigenvalue weighted by atomic mass is 16.5. The molecule has 2 amide bonds. The normalized spacial score (nSPS) is 27.9. The minimum atomic E-state index is -0.0674. The molecule has 0 spiro atoms. The van der Waals surface area contributed by atoms with Crippen molar-refractivity contribution in [1.29, 1.82) is 0 Å². The zero-order chi connectivity index (χ0) is 14.4. The van der Waals surface area contributed by atoms with Crippen molar-refractivity contribution in [2.24, 2.45) is 11.3 Å². The monoisotopic (exact) mass is 284 g/mol. The number of hydrogen-bond donors (Lipinski definition) is 3. The highest BCUT2D eigenvalue weighted by Crippen LogP contribution is 2.40. The molecule has 20 heavy (non-hydrogen) atoms. The molecule has 116 valence electrons. The predicted octanol–water partition coefficient (Wildman–Crippen LogP) is 1.65. The molecule has 0 aromatic rings. The number of aliphatic hydroxyl groups excluding tert-OH is 1. The average molecular weight is 284 g/mol. The topological polar surface area (TPSA) is 70.6 Å². The molecule has 0 saturated heterocycles.